The molecule has 0 radical (unpaired) electrons. The van der Waals surface area contributed by atoms with Crippen LogP contribution in [0, 0.1) is 13.8 Å². The van der Waals surface area contributed by atoms with Crippen LogP contribution in [0.25, 0.3) is 0 Å². The Hall–Kier alpha value is -0.800. The van der Waals surface area contributed by atoms with Gasteiger partial charge in [0.25, 0.3) is 0 Å². The molecule has 2 rings (SSSR count). The molecule has 2 N–H and O–H groups in total. The normalized spacial score (nSPS) is 27.9. The largest absolute Gasteiger partial charge is 0.366 e. The van der Waals surface area contributed by atoms with Crippen molar-refractivity contribution in [1.82, 2.24) is 10.3 Å². The summed E-state index contributed by atoms with van der Waals surface area (Å²) < 4.78 is 5.85. The molecule has 1 saturated heterocycles. The Morgan fingerprint density at radius 1 is 1.43 bits per heavy atom. The molecule has 14 heavy (non-hydrogen) atoms. The summed E-state index contributed by atoms with van der Waals surface area (Å²) >= 11 is 0. The maximum atomic E-state index is 5.85. The van der Waals surface area contributed by atoms with Crippen LogP contribution in [0.2, 0.25) is 0 Å². The molecule has 0 aliphatic carbocycles. The maximum absolute atomic E-state index is 5.85. The summed E-state index contributed by atoms with van der Waals surface area (Å²) in [7, 11) is 0. The number of ether oxygens (including phenoxy) is 1. The van der Waals surface area contributed by atoms with Crippen molar-refractivity contribution in [3.8, 4) is 0 Å². The second kappa shape index (κ2) is 3.41. The van der Waals surface area contributed by atoms with Crippen LogP contribution in [0.5, 0.6) is 0 Å². The first-order valence-electron chi connectivity index (χ1n) is 5.13. The Labute approximate surface area is 84.9 Å². The lowest BCUT2D eigenvalue weighted by molar-refractivity contribution is -0.0602. The van der Waals surface area contributed by atoms with Crippen LogP contribution < -0.4 is 5.32 Å². The van der Waals surface area contributed by atoms with Crippen LogP contribution in [0.4, 0.5) is 0 Å². The number of nitrogens with one attached hydrogen (secondary N) is 2. The summed E-state index contributed by atoms with van der Waals surface area (Å²) in [5.41, 5.74) is 3.51. The molecule has 0 aromatic carbocycles. The molecule has 0 bridgehead atoms. The summed E-state index contributed by atoms with van der Waals surface area (Å²) in [5.74, 6) is 0. The van der Waals surface area contributed by atoms with Crippen LogP contribution in [-0.2, 0) is 10.3 Å². The van der Waals surface area contributed by atoms with E-state index in [0.717, 1.165) is 19.7 Å². The SMILES string of the molecule is Cc1cc(C)c(C2(C)CNCCO2)[nH]1. The number of morpholine rings is 1. The minimum absolute atomic E-state index is 0.184. The topological polar surface area (TPSA) is 37.0 Å². The fourth-order valence-corrected chi connectivity index (χ4v) is 2.17. The van der Waals surface area contributed by atoms with Gasteiger partial charge in [0, 0.05) is 18.8 Å². The quantitative estimate of drug-likeness (QED) is 0.710. The van der Waals surface area contributed by atoms with Gasteiger partial charge in [-0.05, 0) is 32.4 Å². The minimum Gasteiger partial charge on any atom is -0.366 e. The summed E-state index contributed by atoms with van der Waals surface area (Å²) in [6.07, 6.45) is 0. The first-order chi connectivity index (χ1) is 6.62. The summed E-state index contributed by atoms with van der Waals surface area (Å²) in [4.78, 5) is 3.39. The zero-order chi connectivity index (χ0) is 10.2. The zero-order valence-corrected chi connectivity index (χ0v) is 9.11. The molecule has 1 atom stereocenters. The van der Waals surface area contributed by atoms with Crippen molar-refractivity contribution in [2.24, 2.45) is 0 Å². The lowest BCUT2D eigenvalue weighted by Crippen LogP contribution is -2.46. The molecule has 0 saturated carbocycles. The van der Waals surface area contributed by atoms with Crippen LogP contribution in [-0.4, -0.2) is 24.7 Å². The standard InChI is InChI=1S/C11H18N2O/c1-8-6-9(2)13-10(8)11(3)7-12-4-5-14-11/h6,12-13H,4-5,7H2,1-3H3. The van der Waals surface area contributed by atoms with E-state index in [0.29, 0.717) is 0 Å². The van der Waals surface area contributed by atoms with Crippen LogP contribution >= 0.6 is 0 Å². The Balaban J connectivity index is 2.32. The maximum Gasteiger partial charge on any atom is 0.118 e. The predicted molar refractivity (Wildman–Crippen MR) is 56.4 cm³/mol. The molecule has 1 unspecified atom stereocenters. The van der Waals surface area contributed by atoms with Crippen LogP contribution in [0.15, 0.2) is 6.07 Å². The van der Waals surface area contributed by atoms with Gasteiger partial charge in [0.15, 0.2) is 0 Å². The number of aromatic nitrogens is 1. The van der Waals surface area contributed by atoms with Gasteiger partial charge in [-0.3, -0.25) is 0 Å². The molecule has 1 aromatic heterocycles. The second-order valence-corrected chi connectivity index (χ2v) is 4.27. The first kappa shape index (κ1) is 9.74. The molecular weight excluding hydrogens is 176 g/mol. The average Bonchev–Trinajstić information content (AvgIpc) is 2.47. The summed E-state index contributed by atoms with van der Waals surface area (Å²) in [6, 6.07) is 2.17. The fourth-order valence-electron chi connectivity index (χ4n) is 2.17. The third kappa shape index (κ3) is 1.57. The van der Waals surface area contributed by atoms with Gasteiger partial charge in [0.05, 0.1) is 12.3 Å². The number of aryl methyl sites for hydroxylation is 2. The number of rotatable bonds is 1. The summed E-state index contributed by atoms with van der Waals surface area (Å²) in [6.45, 7) is 8.96. The minimum atomic E-state index is -0.184. The van der Waals surface area contributed by atoms with E-state index >= 15 is 0 Å². The molecular formula is C11H18N2O. The first-order valence-corrected chi connectivity index (χ1v) is 5.13. The van der Waals surface area contributed by atoms with E-state index in [1.807, 2.05) is 0 Å². The predicted octanol–water partition coefficient (Wildman–Crippen LogP) is 1.47. The van der Waals surface area contributed by atoms with Crippen molar-refractivity contribution < 1.29 is 4.74 Å². The molecule has 78 valence electrons. The van der Waals surface area contributed by atoms with Gasteiger partial charge in [-0.2, -0.15) is 0 Å². The van der Waals surface area contributed by atoms with Gasteiger partial charge in [-0.1, -0.05) is 0 Å². The van der Waals surface area contributed by atoms with Crippen LogP contribution in [0.3, 0.4) is 0 Å². The Morgan fingerprint density at radius 2 is 2.21 bits per heavy atom. The van der Waals surface area contributed by atoms with Crippen molar-refractivity contribution in [1.29, 1.82) is 0 Å². The van der Waals surface area contributed by atoms with Gasteiger partial charge < -0.3 is 15.0 Å². The lowest BCUT2D eigenvalue weighted by Gasteiger charge is -2.34. The smallest absolute Gasteiger partial charge is 0.118 e. The van der Waals surface area contributed by atoms with Crippen molar-refractivity contribution in [3.63, 3.8) is 0 Å². The molecule has 2 heterocycles. The van der Waals surface area contributed by atoms with E-state index in [9.17, 15) is 0 Å². The monoisotopic (exact) mass is 194 g/mol. The highest BCUT2D eigenvalue weighted by Gasteiger charge is 2.32. The lowest BCUT2D eigenvalue weighted by atomic mass is 9.98. The van der Waals surface area contributed by atoms with E-state index in [1.54, 1.807) is 0 Å². The second-order valence-electron chi connectivity index (χ2n) is 4.27. The summed E-state index contributed by atoms with van der Waals surface area (Å²) in [5, 5.41) is 3.37. The third-order valence-corrected chi connectivity index (χ3v) is 2.84. The van der Waals surface area contributed by atoms with E-state index in [-0.39, 0.29) is 5.60 Å². The van der Waals surface area contributed by atoms with Crippen molar-refractivity contribution >= 4 is 0 Å². The molecule has 3 nitrogen and oxygen atoms in total. The highest BCUT2D eigenvalue weighted by atomic mass is 16.5. The average molecular weight is 194 g/mol. The Kier molecular flexibility index (Phi) is 2.37. The Bertz CT molecular complexity index is 324. The molecule has 3 heteroatoms. The van der Waals surface area contributed by atoms with Crippen LogP contribution in [0.1, 0.15) is 23.9 Å². The van der Waals surface area contributed by atoms with E-state index in [1.165, 1.54) is 17.0 Å². The molecule has 1 aliphatic heterocycles. The molecule has 0 amide bonds. The highest BCUT2D eigenvalue weighted by molar-refractivity contribution is 5.29. The van der Waals surface area contributed by atoms with E-state index < -0.39 is 0 Å². The number of hydrogen-bond acceptors (Lipinski definition) is 2. The fraction of sp³-hybridized carbons (Fsp3) is 0.636. The number of H-pyrrole nitrogens is 1. The number of aromatic amines is 1. The van der Waals surface area contributed by atoms with Gasteiger partial charge in [0.1, 0.15) is 5.60 Å². The van der Waals surface area contributed by atoms with Gasteiger partial charge >= 0.3 is 0 Å². The van der Waals surface area contributed by atoms with Gasteiger partial charge in [0.2, 0.25) is 0 Å². The van der Waals surface area contributed by atoms with Crippen molar-refractivity contribution in [2.75, 3.05) is 19.7 Å². The van der Waals surface area contributed by atoms with Gasteiger partial charge in [-0.15, -0.1) is 0 Å². The molecule has 1 aliphatic rings. The third-order valence-electron chi connectivity index (χ3n) is 2.84. The molecule has 0 spiro atoms. The Morgan fingerprint density at radius 3 is 2.71 bits per heavy atom. The van der Waals surface area contributed by atoms with E-state index in [4.69, 9.17) is 4.74 Å². The molecule has 1 fully saturated rings. The van der Waals surface area contributed by atoms with Crippen molar-refractivity contribution in [3.05, 3.63) is 23.0 Å². The van der Waals surface area contributed by atoms with Gasteiger partial charge in [-0.25, -0.2) is 0 Å². The van der Waals surface area contributed by atoms with Crippen molar-refractivity contribution in [2.45, 2.75) is 26.4 Å². The van der Waals surface area contributed by atoms with E-state index in [2.05, 4.69) is 37.1 Å². The number of hydrogen-bond donors (Lipinski definition) is 2. The zero-order valence-electron chi connectivity index (χ0n) is 9.11. The highest BCUT2D eigenvalue weighted by Crippen LogP contribution is 2.28. The molecule has 1 aromatic rings.